The molecular formula is C16H11N3S. The number of rotatable bonds is 2. The molecule has 3 nitrogen and oxygen atoms in total. The lowest BCUT2D eigenvalue weighted by molar-refractivity contribution is 1.10. The Morgan fingerprint density at radius 2 is 2.00 bits per heavy atom. The molecule has 0 amide bonds. The smallest absolute Gasteiger partial charge is 0.117 e. The normalized spacial score (nSPS) is 10.4. The summed E-state index contributed by atoms with van der Waals surface area (Å²) in [5.74, 6) is 0. The minimum Gasteiger partial charge on any atom is -0.236 e. The summed E-state index contributed by atoms with van der Waals surface area (Å²) in [6, 6.07) is 15.8. The summed E-state index contributed by atoms with van der Waals surface area (Å²) in [6.07, 6.45) is 1.58. The molecule has 2 aromatic carbocycles. The lowest BCUT2D eigenvalue weighted by Gasteiger charge is -2.05. The maximum atomic E-state index is 8.95. The monoisotopic (exact) mass is 277 g/mol. The molecule has 0 aliphatic heterocycles. The number of hydrogen-bond donors (Lipinski definition) is 0. The highest BCUT2D eigenvalue weighted by atomic mass is 32.2. The number of nitrogens with zero attached hydrogens (tertiary/aromatic N) is 3. The van der Waals surface area contributed by atoms with E-state index in [0.29, 0.717) is 5.56 Å². The van der Waals surface area contributed by atoms with Crippen LogP contribution >= 0.6 is 11.8 Å². The van der Waals surface area contributed by atoms with Crippen molar-refractivity contribution in [3.05, 3.63) is 59.9 Å². The van der Waals surface area contributed by atoms with Crippen LogP contribution in [-0.4, -0.2) is 9.97 Å². The average molecular weight is 277 g/mol. The first-order valence-corrected chi connectivity index (χ1v) is 6.97. The van der Waals surface area contributed by atoms with E-state index in [2.05, 4.69) is 29.0 Å². The molecule has 0 aliphatic rings. The van der Waals surface area contributed by atoms with Gasteiger partial charge in [-0.05, 0) is 37.3 Å². The summed E-state index contributed by atoms with van der Waals surface area (Å²) in [6.45, 7) is 2.05. The SMILES string of the molecule is Cc1ccc2ncnc(Sc3cccc(C#N)c3)c2c1. The van der Waals surface area contributed by atoms with Gasteiger partial charge in [-0.15, -0.1) is 0 Å². The second-order valence-corrected chi connectivity index (χ2v) is 5.50. The van der Waals surface area contributed by atoms with Gasteiger partial charge in [0.05, 0.1) is 17.1 Å². The molecule has 0 atom stereocenters. The van der Waals surface area contributed by atoms with Crippen LogP contribution in [0.5, 0.6) is 0 Å². The third kappa shape index (κ3) is 2.49. The van der Waals surface area contributed by atoms with Crippen molar-refractivity contribution in [2.24, 2.45) is 0 Å². The van der Waals surface area contributed by atoms with E-state index >= 15 is 0 Å². The van der Waals surface area contributed by atoms with Crippen molar-refractivity contribution in [3.8, 4) is 6.07 Å². The fourth-order valence-electron chi connectivity index (χ4n) is 1.97. The average Bonchev–Trinajstić information content (AvgIpc) is 2.48. The highest BCUT2D eigenvalue weighted by Gasteiger charge is 2.06. The van der Waals surface area contributed by atoms with E-state index in [9.17, 15) is 0 Å². The van der Waals surface area contributed by atoms with Gasteiger partial charge in [-0.2, -0.15) is 5.26 Å². The molecule has 3 rings (SSSR count). The van der Waals surface area contributed by atoms with E-state index < -0.39 is 0 Å². The van der Waals surface area contributed by atoms with Crippen molar-refractivity contribution < 1.29 is 0 Å². The minimum atomic E-state index is 0.657. The van der Waals surface area contributed by atoms with Crippen molar-refractivity contribution >= 4 is 22.7 Å². The van der Waals surface area contributed by atoms with Crippen LogP contribution in [0.3, 0.4) is 0 Å². The molecule has 0 saturated heterocycles. The largest absolute Gasteiger partial charge is 0.236 e. The summed E-state index contributed by atoms with van der Waals surface area (Å²) in [4.78, 5) is 9.65. The summed E-state index contributed by atoms with van der Waals surface area (Å²) >= 11 is 1.55. The lowest BCUT2D eigenvalue weighted by atomic mass is 10.2. The Kier molecular flexibility index (Phi) is 3.36. The van der Waals surface area contributed by atoms with Crippen molar-refractivity contribution in [1.29, 1.82) is 5.26 Å². The Bertz CT molecular complexity index is 821. The van der Waals surface area contributed by atoms with Gasteiger partial charge in [0, 0.05) is 10.3 Å². The Labute approximate surface area is 121 Å². The van der Waals surface area contributed by atoms with Crippen LogP contribution in [0, 0.1) is 18.3 Å². The van der Waals surface area contributed by atoms with Gasteiger partial charge >= 0.3 is 0 Å². The molecule has 3 aromatic rings. The first-order chi connectivity index (χ1) is 9.76. The third-order valence-electron chi connectivity index (χ3n) is 2.93. The molecule has 96 valence electrons. The van der Waals surface area contributed by atoms with E-state index in [4.69, 9.17) is 5.26 Å². The van der Waals surface area contributed by atoms with Crippen LogP contribution in [0.4, 0.5) is 0 Å². The van der Waals surface area contributed by atoms with Crippen molar-refractivity contribution in [1.82, 2.24) is 9.97 Å². The number of benzene rings is 2. The zero-order valence-electron chi connectivity index (χ0n) is 10.9. The second kappa shape index (κ2) is 5.32. The first kappa shape index (κ1) is 12.6. The lowest BCUT2D eigenvalue weighted by Crippen LogP contribution is -1.88. The van der Waals surface area contributed by atoms with Gasteiger partial charge in [0.1, 0.15) is 11.4 Å². The fourth-order valence-corrected chi connectivity index (χ4v) is 2.90. The van der Waals surface area contributed by atoms with E-state index in [1.165, 1.54) is 5.56 Å². The van der Waals surface area contributed by atoms with Crippen LogP contribution in [0.25, 0.3) is 10.9 Å². The zero-order valence-corrected chi connectivity index (χ0v) is 11.7. The van der Waals surface area contributed by atoms with Crippen LogP contribution in [0.15, 0.2) is 58.7 Å². The molecule has 4 heteroatoms. The minimum absolute atomic E-state index is 0.657. The van der Waals surface area contributed by atoms with E-state index in [-0.39, 0.29) is 0 Å². The number of nitriles is 1. The van der Waals surface area contributed by atoms with Crippen LogP contribution in [0.1, 0.15) is 11.1 Å². The van der Waals surface area contributed by atoms with Gasteiger partial charge < -0.3 is 0 Å². The molecule has 0 spiro atoms. The van der Waals surface area contributed by atoms with Crippen LogP contribution in [0.2, 0.25) is 0 Å². The predicted octanol–water partition coefficient (Wildman–Crippen LogP) is 3.96. The quantitative estimate of drug-likeness (QED) is 0.665. The Morgan fingerprint density at radius 1 is 1.10 bits per heavy atom. The molecule has 20 heavy (non-hydrogen) atoms. The van der Waals surface area contributed by atoms with Gasteiger partial charge in [-0.25, -0.2) is 9.97 Å². The van der Waals surface area contributed by atoms with Gasteiger partial charge in [-0.3, -0.25) is 0 Å². The van der Waals surface area contributed by atoms with Crippen molar-refractivity contribution in [3.63, 3.8) is 0 Å². The molecule has 0 fully saturated rings. The van der Waals surface area contributed by atoms with Crippen molar-refractivity contribution in [2.45, 2.75) is 16.8 Å². The Hall–Kier alpha value is -2.38. The van der Waals surface area contributed by atoms with Crippen LogP contribution < -0.4 is 0 Å². The van der Waals surface area contributed by atoms with E-state index in [0.717, 1.165) is 20.8 Å². The van der Waals surface area contributed by atoms with Gasteiger partial charge in [0.15, 0.2) is 0 Å². The highest BCUT2D eigenvalue weighted by molar-refractivity contribution is 7.99. The topological polar surface area (TPSA) is 49.6 Å². The van der Waals surface area contributed by atoms with Gasteiger partial charge in [0.25, 0.3) is 0 Å². The van der Waals surface area contributed by atoms with Crippen LogP contribution in [-0.2, 0) is 0 Å². The van der Waals surface area contributed by atoms with Gasteiger partial charge in [0.2, 0.25) is 0 Å². The summed E-state index contributed by atoms with van der Waals surface area (Å²) in [5.41, 5.74) is 2.77. The molecule has 0 saturated carbocycles. The zero-order chi connectivity index (χ0) is 13.9. The highest BCUT2D eigenvalue weighted by Crippen LogP contribution is 2.31. The standard InChI is InChI=1S/C16H11N3S/c1-11-5-6-15-14(7-11)16(19-10-18-15)20-13-4-2-3-12(8-13)9-17/h2-8,10H,1H3. The van der Waals surface area contributed by atoms with E-state index in [1.807, 2.05) is 30.3 Å². The first-order valence-electron chi connectivity index (χ1n) is 6.15. The molecule has 0 aliphatic carbocycles. The van der Waals surface area contributed by atoms with Gasteiger partial charge in [-0.1, -0.05) is 29.5 Å². The number of aromatic nitrogens is 2. The molecule has 0 bridgehead atoms. The number of fused-ring (bicyclic) bond motifs is 1. The second-order valence-electron chi connectivity index (χ2n) is 4.44. The van der Waals surface area contributed by atoms with E-state index in [1.54, 1.807) is 24.2 Å². The summed E-state index contributed by atoms with van der Waals surface area (Å²) in [7, 11) is 0. The Morgan fingerprint density at radius 3 is 2.85 bits per heavy atom. The predicted molar refractivity (Wildman–Crippen MR) is 79.6 cm³/mol. The summed E-state index contributed by atoms with van der Waals surface area (Å²) in [5, 5.41) is 10.9. The third-order valence-corrected chi connectivity index (χ3v) is 3.94. The fraction of sp³-hybridized carbons (Fsp3) is 0.0625. The Balaban J connectivity index is 2.06. The number of hydrogen-bond acceptors (Lipinski definition) is 4. The maximum Gasteiger partial charge on any atom is 0.117 e. The molecule has 0 radical (unpaired) electrons. The number of aryl methyl sites for hydroxylation is 1. The molecule has 0 N–H and O–H groups in total. The molecule has 1 heterocycles. The van der Waals surface area contributed by atoms with Crippen molar-refractivity contribution in [2.75, 3.05) is 0 Å². The molecule has 1 aromatic heterocycles. The molecular weight excluding hydrogens is 266 g/mol. The summed E-state index contributed by atoms with van der Waals surface area (Å²) < 4.78 is 0. The molecule has 0 unspecified atom stereocenters. The maximum absolute atomic E-state index is 8.95.